The minimum atomic E-state index is -0.0188. The van der Waals surface area contributed by atoms with E-state index in [0.29, 0.717) is 21.6 Å². The molecule has 4 nitrogen and oxygen atoms in total. The van der Waals surface area contributed by atoms with Crippen LogP contribution in [0.3, 0.4) is 0 Å². The standard InChI is InChI=1S/C15H10ClN3O/c1-19-11-7-6-10-12(13(11)18-15(19)16)14(20)8-4-2-3-5-9(8)17-10/h2-7H,1H3,(H,17,20). The van der Waals surface area contributed by atoms with E-state index in [2.05, 4.69) is 9.97 Å². The lowest BCUT2D eigenvalue weighted by atomic mass is 10.1. The summed E-state index contributed by atoms with van der Waals surface area (Å²) < 4.78 is 1.77. The Morgan fingerprint density at radius 3 is 2.80 bits per heavy atom. The zero-order valence-corrected chi connectivity index (χ0v) is 11.4. The molecule has 0 aliphatic heterocycles. The highest BCUT2D eigenvalue weighted by Crippen LogP contribution is 2.25. The number of para-hydroxylation sites is 1. The number of nitrogens with zero attached hydrogens (tertiary/aromatic N) is 2. The highest BCUT2D eigenvalue weighted by atomic mass is 35.5. The van der Waals surface area contributed by atoms with Crippen molar-refractivity contribution in [2.75, 3.05) is 0 Å². The van der Waals surface area contributed by atoms with Gasteiger partial charge in [0, 0.05) is 18.0 Å². The molecule has 2 aromatic heterocycles. The molecule has 0 saturated carbocycles. The van der Waals surface area contributed by atoms with Crippen molar-refractivity contribution >= 4 is 44.4 Å². The molecule has 0 atom stereocenters. The number of nitrogens with one attached hydrogen (secondary N) is 1. The predicted molar refractivity (Wildman–Crippen MR) is 81.4 cm³/mol. The molecule has 0 unspecified atom stereocenters. The van der Waals surface area contributed by atoms with Crippen LogP contribution in [0.2, 0.25) is 5.28 Å². The maximum absolute atomic E-state index is 12.7. The molecular weight excluding hydrogens is 274 g/mol. The van der Waals surface area contributed by atoms with Crippen LogP contribution in [0.5, 0.6) is 0 Å². The Bertz CT molecular complexity index is 1050. The van der Waals surface area contributed by atoms with Crippen LogP contribution in [-0.4, -0.2) is 14.5 Å². The molecule has 2 heterocycles. The summed E-state index contributed by atoms with van der Waals surface area (Å²) >= 11 is 6.06. The van der Waals surface area contributed by atoms with E-state index in [1.165, 1.54) is 0 Å². The SMILES string of the molecule is Cn1c(Cl)nc2c3c(=O)c4ccccc4[nH]c3ccc21. The van der Waals surface area contributed by atoms with Gasteiger partial charge in [0.1, 0.15) is 5.52 Å². The van der Waals surface area contributed by atoms with Crippen LogP contribution in [0, 0.1) is 0 Å². The molecule has 0 fully saturated rings. The monoisotopic (exact) mass is 283 g/mol. The molecule has 0 aliphatic rings. The Morgan fingerprint density at radius 1 is 1.15 bits per heavy atom. The zero-order chi connectivity index (χ0) is 13.9. The Balaban J connectivity index is 2.36. The van der Waals surface area contributed by atoms with Gasteiger partial charge in [-0.3, -0.25) is 4.79 Å². The summed E-state index contributed by atoms with van der Waals surface area (Å²) in [6.45, 7) is 0. The third-order valence-corrected chi connectivity index (χ3v) is 4.00. The van der Waals surface area contributed by atoms with E-state index in [1.807, 2.05) is 43.4 Å². The van der Waals surface area contributed by atoms with Crippen LogP contribution in [0.15, 0.2) is 41.2 Å². The molecule has 0 aliphatic carbocycles. The highest BCUT2D eigenvalue weighted by Gasteiger charge is 2.13. The molecule has 4 rings (SSSR count). The molecule has 98 valence electrons. The number of H-pyrrole nitrogens is 1. The molecule has 0 saturated heterocycles. The van der Waals surface area contributed by atoms with Gasteiger partial charge in [0.25, 0.3) is 0 Å². The van der Waals surface area contributed by atoms with Gasteiger partial charge in [-0.2, -0.15) is 0 Å². The molecular formula is C15H10ClN3O. The first kappa shape index (κ1) is 11.5. The van der Waals surface area contributed by atoms with Gasteiger partial charge in [-0.1, -0.05) is 12.1 Å². The van der Waals surface area contributed by atoms with E-state index in [9.17, 15) is 4.79 Å². The number of benzene rings is 2. The number of fused-ring (bicyclic) bond motifs is 4. The molecule has 1 N–H and O–H groups in total. The average Bonchev–Trinajstić information content (AvgIpc) is 2.74. The second-order valence-electron chi connectivity index (χ2n) is 4.80. The smallest absolute Gasteiger partial charge is 0.203 e. The van der Waals surface area contributed by atoms with E-state index in [1.54, 1.807) is 4.57 Å². The first-order valence-corrected chi connectivity index (χ1v) is 6.60. The fourth-order valence-electron chi connectivity index (χ4n) is 2.63. The Morgan fingerprint density at radius 2 is 1.95 bits per heavy atom. The van der Waals surface area contributed by atoms with Crippen LogP contribution in [0.25, 0.3) is 32.8 Å². The largest absolute Gasteiger partial charge is 0.354 e. The van der Waals surface area contributed by atoms with Crippen LogP contribution in [0.4, 0.5) is 0 Å². The topological polar surface area (TPSA) is 50.7 Å². The van der Waals surface area contributed by atoms with Crippen molar-refractivity contribution in [3.63, 3.8) is 0 Å². The number of aryl methyl sites for hydroxylation is 1. The first-order chi connectivity index (χ1) is 9.66. The van der Waals surface area contributed by atoms with Crippen molar-refractivity contribution in [2.24, 2.45) is 7.05 Å². The van der Waals surface area contributed by atoms with Crippen LogP contribution in [-0.2, 0) is 7.05 Å². The van der Waals surface area contributed by atoms with Crippen LogP contribution < -0.4 is 5.43 Å². The van der Waals surface area contributed by atoms with Gasteiger partial charge < -0.3 is 9.55 Å². The second-order valence-corrected chi connectivity index (χ2v) is 5.13. The molecule has 0 spiro atoms. The second kappa shape index (κ2) is 3.84. The van der Waals surface area contributed by atoms with Gasteiger partial charge in [0.2, 0.25) is 5.28 Å². The number of hydrogen-bond donors (Lipinski definition) is 1. The minimum Gasteiger partial charge on any atom is -0.354 e. The Kier molecular flexibility index (Phi) is 2.20. The zero-order valence-electron chi connectivity index (χ0n) is 10.6. The molecule has 2 aromatic carbocycles. The summed E-state index contributed by atoms with van der Waals surface area (Å²) in [4.78, 5) is 20.3. The lowest BCUT2D eigenvalue weighted by molar-refractivity contribution is 0.949. The maximum atomic E-state index is 12.7. The Hall–Kier alpha value is -2.33. The van der Waals surface area contributed by atoms with E-state index < -0.39 is 0 Å². The van der Waals surface area contributed by atoms with Gasteiger partial charge >= 0.3 is 0 Å². The number of rotatable bonds is 0. The lowest BCUT2D eigenvalue weighted by Gasteiger charge is -2.03. The van der Waals surface area contributed by atoms with Crippen molar-refractivity contribution in [3.8, 4) is 0 Å². The van der Waals surface area contributed by atoms with Crippen molar-refractivity contribution in [1.29, 1.82) is 0 Å². The number of pyridine rings is 1. The normalized spacial score (nSPS) is 11.7. The van der Waals surface area contributed by atoms with Crippen molar-refractivity contribution in [1.82, 2.24) is 14.5 Å². The Labute approximate surface area is 118 Å². The third kappa shape index (κ3) is 1.37. The van der Waals surface area contributed by atoms with Gasteiger partial charge in [0.05, 0.1) is 16.4 Å². The maximum Gasteiger partial charge on any atom is 0.203 e. The first-order valence-electron chi connectivity index (χ1n) is 6.22. The van der Waals surface area contributed by atoms with Crippen molar-refractivity contribution in [2.45, 2.75) is 0 Å². The fourth-order valence-corrected chi connectivity index (χ4v) is 2.81. The van der Waals surface area contributed by atoms with E-state index in [4.69, 9.17) is 11.6 Å². The molecule has 4 aromatic rings. The summed E-state index contributed by atoms with van der Waals surface area (Å²) in [6, 6.07) is 11.3. The lowest BCUT2D eigenvalue weighted by Crippen LogP contribution is -2.04. The molecule has 0 radical (unpaired) electrons. The summed E-state index contributed by atoms with van der Waals surface area (Å²) in [6.07, 6.45) is 0. The van der Waals surface area contributed by atoms with Crippen LogP contribution in [0.1, 0.15) is 0 Å². The molecule has 0 amide bonds. The average molecular weight is 284 g/mol. The van der Waals surface area contributed by atoms with E-state index in [-0.39, 0.29) is 5.43 Å². The quantitative estimate of drug-likeness (QED) is 0.504. The van der Waals surface area contributed by atoms with Crippen molar-refractivity contribution < 1.29 is 0 Å². The minimum absolute atomic E-state index is 0.0188. The number of aromatic nitrogens is 3. The molecule has 5 heteroatoms. The highest BCUT2D eigenvalue weighted by molar-refractivity contribution is 6.29. The van der Waals surface area contributed by atoms with E-state index in [0.717, 1.165) is 16.6 Å². The molecule has 20 heavy (non-hydrogen) atoms. The van der Waals surface area contributed by atoms with Gasteiger partial charge in [0.15, 0.2) is 5.43 Å². The summed E-state index contributed by atoms with van der Waals surface area (Å²) in [5.41, 5.74) is 3.07. The fraction of sp³-hybridized carbons (Fsp3) is 0.0667. The van der Waals surface area contributed by atoms with Gasteiger partial charge in [-0.15, -0.1) is 0 Å². The van der Waals surface area contributed by atoms with E-state index >= 15 is 0 Å². The third-order valence-electron chi connectivity index (χ3n) is 3.67. The predicted octanol–water partition coefficient (Wildman–Crippen LogP) is 3.22. The van der Waals surface area contributed by atoms with Gasteiger partial charge in [-0.25, -0.2) is 4.98 Å². The number of imidazole rings is 1. The number of halogens is 1. The number of aromatic amines is 1. The summed E-state index contributed by atoms with van der Waals surface area (Å²) in [5, 5.41) is 1.62. The molecule has 0 bridgehead atoms. The summed E-state index contributed by atoms with van der Waals surface area (Å²) in [7, 11) is 1.83. The van der Waals surface area contributed by atoms with Gasteiger partial charge in [-0.05, 0) is 35.9 Å². The van der Waals surface area contributed by atoms with Crippen molar-refractivity contribution in [3.05, 3.63) is 51.9 Å². The summed E-state index contributed by atoms with van der Waals surface area (Å²) in [5.74, 6) is 0. The van der Waals surface area contributed by atoms with Crippen LogP contribution >= 0.6 is 11.6 Å². The number of hydrogen-bond acceptors (Lipinski definition) is 2.